The summed E-state index contributed by atoms with van der Waals surface area (Å²) in [6.45, 7) is 1.82. The van der Waals surface area contributed by atoms with E-state index < -0.39 is 16.1 Å². The fourth-order valence-corrected chi connectivity index (χ4v) is 6.19. The van der Waals surface area contributed by atoms with E-state index >= 15 is 0 Å². The highest BCUT2D eigenvalue weighted by molar-refractivity contribution is 7.91. The summed E-state index contributed by atoms with van der Waals surface area (Å²) in [6, 6.07) is 11.1. The highest BCUT2D eigenvalue weighted by Gasteiger charge is 2.19. The van der Waals surface area contributed by atoms with E-state index in [1.165, 1.54) is 22.7 Å². The zero-order valence-electron chi connectivity index (χ0n) is 12.2. The molecule has 0 fully saturated rings. The molecule has 0 aliphatic rings. The van der Waals surface area contributed by atoms with Crippen LogP contribution >= 0.6 is 34.0 Å². The van der Waals surface area contributed by atoms with Crippen LogP contribution < -0.4 is 4.72 Å². The Morgan fingerprint density at radius 3 is 2.61 bits per heavy atom. The quantitative estimate of drug-likeness (QED) is 0.677. The van der Waals surface area contributed by atoms with Gasteiger partial charge in [-0.1, -0.05) is 6.07 Å². The van der Waals surface area contributed by atoms with Crippen LogP contribution in [-0.2, 0) is 10.0 Å². The normalized spacial score (nSPS) is 13.3. The van der Waals surface area contributed by atoms with Crippen molar-refractivity contribution in [1.29, 1.82) is 0 Å². The lowest BCUT2D eigenvalue weighted by Gasteiger charge is -2.09. The van der Waals surface area contributed by atoms with Crippen molar-refractivity contribution in [3.8, 4) is 9.75 Å². The molecule has 8 heteroatoms. The highest BCUT2D eigenvalue weighted by atomic mass is 32.2. The van der Waals surface area contributed by atoms with E-state index in [4.69, 9.17) is 0 Å². The van der Waals surface area contributed by atoms with Gasteiger partial charge in [0.15, 0.2) is 0 Å². The van der Waals surface area contributed by atoms with Crippen LogP contribution in [0.1, 0.15) is 15.9 Å². The molecule has 4 nitrogen and oxygen atoms in total. The van der Waals surface area contributed by atoms with Crippen molar-refractivity contribution < 1.29 is 13.5 Å². The Kier molecular flexibility index (Phi) is 5.00. The number of hydrogen-bond acceptors (Lipinski definition) is 6. The molecular weight excluding hydrogens is 370 g/mol. The topological polar surface area (TPSA) is 66.4 Å². The molecule has 2 N–H and O–H groups in total. The molecule has 0 aliphatic carbocycles. The third-order valence-electron chi connectivity index (χ3n) is 3.17. The summed E-state index contributed by atoms with van der Waals surface area (Å²) in [5.74, 6) is 0. The van der Waals surface area contributed by atoms with Gasteiger partial charge >= 0.3 is 0 Å². The lowest BCUT2D eigenvalue weighted by Crippen LogP contribution is -2.27. The molecule has 3 heterocycles. The Morgan fingerprint density at radius 1 is 1.13 bits per heavy atom. The van der Waals surface area contributed by atoms with Crippen molar-refractivity contribution in [3.63, 3.8) is 0 Å². The highest BCUT2D eigenvalue weighted by Crippen LogP contribution is 2.34. The molecule has 1 unspecified atom stereocenters. The molecule has 0 radical (unpaired) electrons. The number of aliphatic hydroxyl groups is 1. The molecule has 3 aromatic rings. The van der Waals surface area contributed by atoms with E-state index in [1.54, 1.807) is 23.5 Å². The van der Waals surface area contributed by atoms with Crippen LogP contribution in [0.15, 0.2) is 46.0 Å². The zero-order chi connectivity index (χ0) is 16.4. The summed E-state index contributed by atoms with van der Waals surface area (Å²) in [7, 11) is -3.56. The van der Waals surface area contributed by atoms with E-state index in [9.17, 15) is 13.5 Å². The molecule has 0 saturated heterocycles. The van der Waals surface area contributed by atoms with Crippen LogP contribution in [0, 0.1) is 6.92 Å². The smallest absolute Gasteiger partial charge is 0.250 e. The van der Waals surface area contributed by atoms with Gasteiger partial charge in [0.2, 0.25) is 10.0 Å². The largest absolute Gasteiger partial charge is 0.386 e. The van der Waals surface area contributed by atoms with Crippen molar-refractivity contribution in [2.75, 3.05) is 6.54 Å². The Morgan fingerprint density at radius 2 is 1.96 bits per heavy atom. The number of aryl methyl sites for hydroxylation is 1. The second-order valence-corrected chi connectivity index (χ2v) is 10.3. The van der Waals surface area contributed by atoms with Gasteiger partial charge < -0.3 is 5.11 Å². The number of thiophene rings is 3. The zero-order valence-corrected chi connectivity index (χ0v) is 15.5. The standard InChI is InChI=1S/C15H15NO3S4/c1-10-4-7-15(21-10)23(18,19)16-9-11(17)12-5-6-14(22-12)13-3-2-8-20-13/h2-8,11,16-17H,9H2,1H3. The molecule has 0 spiro atoms. The molecule has 3 aromatic heterocycles. The van der Waals surface area contributed by atoms with E-state index in [1.807, 2.05) is 36.6 Å². The summed E-state index contributed by atoms with van der Waals surface area (Å²) in [5, 5.41) is 12.2. The van der Waals surface area contributed by atoms with Gasteiger partial charge in [0.25, 0.3) is 0 Å². The van der Waals surface area contributed by atoms with Gasteiger partial charge in [-0.05, 0) is 42.6 Å². The minimum absolute atomic E-state index is 0.0380. The molecule has 122 valence electrons. The van der Waals surface area contributed by atoms with Crippen molar-refractivity contribution in [2.45, 2.75) is 17.2 Å². The fourth-order valence-electron chi connectivity index (χ4n) is 2.00. The lowest BCUT2D eigenvalue weighted by molar-refractivity contribution is 0.186. The summed E-state index contributed by atoms with van der Waals surface area (Å²) >= 11 is 4.33. The van der Waals surface area contributed by atoms with E-state index in [2.05, 4.69) is 4.72 Å². The maximum Gasteiger partial charge on any atom is 0.250 e. The first-order valence-electron chi connectivity index (χ1n) is 6.83. The van der Waals surface area contributed by atoms with Gasteiger partial charge in [-0.25, -0.2) is 13.1 Å². The number of rotatable bonds is 6. The van der Waals surface area contributed by atoms with Gasteiger partial charge in [-0.15, -0.1) is 34.0 Å². The van der Waals surface area contributed by atoms with Crippen LogP contribution in [0.4, 0.5) is 0 Å². The maximum atomic E-state index is 12.2. The lowest BCUT2D eigenvalue weighted by atomic mass is 10.3. The molecular formula is C15H15NO3S4. The Balaban J connectivity index is 1.67. The first-order valence-corrected chi connectivity index (χ1v) is 10.8. The molecule has 0 saturated carbocycles. The Bertz CT molecular complexity index is 878. The minimum atomic E-state index is -3.56. The van der Waals surface area contributed by atoms with Crippen LogP contribution in [0.25, 0.3) is 9.75 Å². The van der Waals surface area contributed by atoms with Gasteiger partial charge in [0.05, 0.1) is 0 Å². The summed E-state index contributed by atoms with van der Waals surface area (Å²) < 4.78 is 27.1. The van der Waals surface area contributed by atoms with E-state index in [0.717, 1.165) is 19.5 Å². The summed E-state index contributed by atoms with van der Waals surface area (Å²) in [5.41, 5.74) is 0. The SMILES string of the molecule is Cc1ccc(S(=O)(=O)NCC(O)c2ccc(-c3cccs3)s2)s1. The third kappa shape index (κ3) is 3.90. The van der Waals surface area contributed by atoms with Gasteiger partial charge in [0.1, 0.15) is 10.3 Å². The Hall–Kier alpha value is -1.03. The average Bonchev–Trinajstić information content (AvgIpc) is 3.24. The minimum Gasteiger partial charge on any atom is -0.386 e. The second-order valence-electron chi connectivity index (χ2n) is 4.91. The molecule has 23 heavy (non-hydrogen) atoms. The second kappa shape index (κ2) is 6.84. The number of aliphatic hydroxyl groups excluding tert-OH is 1. The predicted octanol–water partition coefficient (Wildman–Crippen LogP) is 3.86. The monoisotopic (exact) mass is 385 g/mol. The molecule has 0 aromatic carbocycles. The Labute approximate surface area is 147 Å². The van der Waals surface area contributed by atoms with Crippen molar-refractivity contribution in [2.24, 2.45) is 0 Å². The number of sulfonamides is 1. The molecule has 0 bridgehead atoms. The predicted molar refractivity (Wildman–Crippen MR) is 96.8 cm³/mol. The van der Waals surface area contributed by atoms with Crippen molar-refractivity contribution in [3.05, 3.63) is 51.5 Å². The summed E-state index contributed by atoms with van der Waals surface area (Å²) in [4.78, 5) is 3.90. The van der Waals surface area contributed by atoms with Gasteiger partial charge in [-0.3, -0.25) is 0 Å². The maximum absolute atomic E-state index is 12.2. The van der Waals surface area contributed by atoms with Crippen molar-refractivity contribution >= 4 is 44.0 Å². The fraction of sp³-hybridized carbons (Fsp3) is 0.200. The van der Waals surface area contributed by atoms with Crippen LogP contribution in [0.3, 0.4) is 0 Å². The van der Waals surface area contributed by atoms with Crippen LogP contribution in [-0.4, -0.2) is 20.1 Å². The first-order chi connectivity index (χ1) is 11.0. The van der Waals surface area contributed by atoms with E-state index in [0.29, 0.717) is 0 Å². The van der Waals surface area contributed by atoms with Gasteiger partial charge in [0, 0.05) is 26.1 Å². The first kappa shape index (κ1) is 16.8. The van der Waals surface area contributed by atoms with Crippen molar-refractivity contribution in [1.82, 2.24) is 4.72 Å². The van der Waals surface area contributed by atoms with Crippen LogP contribution in [0.2, 0.25) is 0 Å². The molecule has 3 rings (SSSR count). The molecule has 0 aliphatic heterocycles. The molecule has 1 atom stereocenters. The number of nitrogens with one attached hydrogen (secondary N) is 1. The van der Waals surface area contributed by atoms with E-state index in [-0.39, 0.29) is 10.8 Å². The number of hydrogen-bond donors (Lipinski definition) is 2. The van der Waals surface area contributed by atoms with Gasteiger partial charge in [-0.2, -0.15) is 0 Å². The summed E-state index contributed by atoms with van der Waals surface area (Å²) in [6.07, 6.45) is -0.857. The average molecular weight is 386 g/mol. The van der Waals surface area contributed by atoms with Crippen LogP contribution in [0.5, 0.6) is 0 Å². The molecule has 0 amide bonds. The third-order valence-corrected chi connectivity index (χ3v) is 8.33.